The van der Waals surface area contributed by atoms with Crippen LogP contribution in [0.5, 0.6) is 0 Å². The van der Waals surface area contributed by atoms with Gasteiger partial charge in [-0.2, -0.15) is 5.10 Å². The molecule has 0 aliphatic heterocycles. The van der Waals surface area contributed by atoms with Crippen LogP contribution < -0.4 is 5.32 Å². The van der Waals surface area contributed by atoms with E-state index in [2.05, 4.69) is 17.3 Å². The van der Waals surface area contributed by atoms with Crippen LogP contribution in [0.15, 0.2) is 6.07 Å². The molecule has 1 fully saturated rings. The molecule has 0 radical (unpaired) electrons. The molecular formula is C16H27N3O2. The first-order valence-corrected chi connectivity index (χ1v) is 7.98. The summed E-state index contributed by atoms with van der Waals surface area (Å²) in [5.41, 5.74) is 1.04. The quantitative estimate of drug-likeness (QED) is 0.723. The van der Waals surface area contributed by atoms with Gasteiger partial charge in [0, 0.05) is 18.2 Å². The SMILES string of the molecule is CCCCCn1nc(C(=O)NC(C)(C)CO)cc1C1CC1. The Morgan fingerprint density at radius 2 is 2.19 bits per heavy atom. The lowest BCUT2D eigenvalue weighted by molar-refractivity contribution is 0.0863. The first-order valence-electron chi connectivity index (χ1n) is 7.98. The topological polar surface area (TPSA) is 67.2 Å². The van der Waals surface area contributed by atoms with Crippen LogP contribution in [-0.2, 0) is 6.54 Å². The van der Waals surface area contributed by atoms with Gasteiger partial charge in [-0.1, -0.05) is 19.8 Å². The number of hydrogen-bond acceptors (Lipinski definition) is 3. The number of carbonyl (C=O) groups is 1. The predicted molar refractivity (Wildman–Crippen MR) is 82.4 cm³/mol. The Kier molecular flexibility index (Phi) is 5.04. The van der Waals surface area contributed by atoms with Crippen molar-refractivity contribution in [3.63, 3.8) is 0 Å². The summed E-state index contributed by atoms with van der Waals surface area (Å²) in [4.78, 5) is 12.3. The van der Waals surface area contributed by atoms with Crippen molar-refractivity contribution in [1.82, 2.24) is 15.1 Å². The van der Waals surface area contributed by atoms with Gasteiger partial charge in [0.05, 0.1) is 12.1 Å². The zero-order valence-corrected chi connectivity index (χ0v) is 13.4. The number of nitrogens with one attached hydrogen (secondary N) is 1. The molecule has 1 saturated carbocycles. The molecule has 0 bridgehead atoms. The summed E-state index contributed by atoms with van der Waals surface area (Å²) in [6.07, 6.45) is 5.85. The molecule has 5 heteroatoms. The molecule has 1 aromatic heterocycles. The van der Waals surface area contributed by atoms with Crippen molar-refractivity contribution in [2.24, 2.45) is 0 Å². The Hall–Kier alpha value is -1.36. The molecule has 2 N–H and O–H groups in total. The minimum atomic E-state index is -0.622. The number of aliphatic hydroxyl groups excluding tert-OH is 1. The van der Waals surface area contributed by atoms with Crippen molar-refractivity contribution in [2.45, 2.75) is 70.9 Å². The second kappa shape index (κ2) is 6.60. The van der Waals surface area contributed by atoms with Crippen molar-refractivity contribution >= 4 is 5.91 Å². The van der Waals surface area contributed by atoms with Crippen LogP contribution in [0, 0.1) is 0 Å². The van der Waals surface area contributed by atoms with E-state index in [0.29, 0.717) is 11.6 Å². The molecular weight excluding hydrogens is 266 g/mol. The molecule has 0 unspecified atom stereocenters. The lowest BCUT2D eigenvalue weighted by Crippen LogP contribution is -2.46. The van der Waals surface area contributed by atoms with E-state index < -0.39 is 5.54 Å². The lowest BCUT2D eigenvalue weighted by atomic mass is 10.1. The Morgan fingerprint density at radius 1 is 1.48 bits per heavy atom. The molecule has 0 spiro atoms. The lowest BCUT2D eigenvalue weighted by Gasteiger charge is -2.22. The van der Waals surface area contributed by atoms with Crippen LogP contribution in [0.4, 0.5) is 0 Å². The summed E-state index contributed by atoms with van der Waals surface area (Å²) in [5, 5.41) is 16.6. The Labute approximate surface area is 126 Å². The molecule has 2 rings (SSSR count). The molecule has 0 atom stereocenters. The van der Waals surface area contributed by atoms with E-state index in [1.165, 1.54) is 31.4 Å². The number of hydrogen-bond donors (Lipinski definition) is 2. The van der Waals surface area contributed by atoms with Crippen molar-refractivity contribution in [3.05, 3.63) is 17.5 Å². The second-order valence-electron chi connectivity index (χ2n) is 6.66. The molecule has 118 valence electrons. The zero-order chi connectivity index (χ0) is 15.5. The minimum absolute atomic E-state index is 0.0918. The van der Waals surface area contributed by atoms with E-state index in [-0.39, 0.29) is 12.5 Å². The van der Waals surface area contributed by atoms with Crippen LogP contribution in [0.1, 0.15) is 75.0 Å². The van der Waals surface area contributed by atoms with Gasteiger partial charge in [0.1, 0.15) is 5.69 Å². The van der Waals surface area contributed by atoms with E-state index in [1.807, 2.05) is 10.7 Å². The van der Waals surface area contributed by atoms with E-state index >= 15 is 0 Å². The molecule has 0 aromatic carbocycles. The van der Waals surface area contributed by atoms with E-state index in [0.717, 1.165) is 13.0 Å². The first-order chi connectivity index (χ1) is 9.96. The largest absolute Gasteiger partial charge is 0.394 e. The molecule has 21 heavy (non-hydrogen) atoms. The van der Waals surface area contributed by atoms with Crippen molar-refractivity contribution in [1.29, 1.82) is 0 Å². The zero-order valence-electron chi connectivity index (χ0n) is 13.4. The third-order valence-electron chi connectivity index (χ3n) is 3.86. The average Bonchev–Trinajstić information content (AvgIpc) is 3.19. The molecule has 1 heterocycles. The summed E-state index contributed by atoms with van der Waals surface area (Å²) < 4.78 is 2.01. The van der Waals surface area contributed by atoms with Crippen molar-refractivity contribution < 1.29 is 9.90 Å². The summed E-state index contributed by atoms with van der Waals surface area (Å²) in [5.74, 6) is 0.372. The highest BCUT2D eigenvalue weighted by Crippen LogP contribution is 2.40. The Bertz CT molecular complexity index is 490. The second-order valence-corrected chi connectivity index (χ2v) is 6.66. The van der Waals surface area contributed by atoms with Crippen LogP contribution in [0.2, 0.25) is 0 Å². The number of rotatable bonds is 8. The van der Waals surface area contributed by atoms with Gasteiger partial charge in [-0.15, -0.1) is 0 Å². The van der Waals surface area contributed by atoms with Crippen LogP contribution >= 0.6 is 0 Å². The molecule has 1 amide bonds. The smallest absolute Gasteiger partial charge is 0.272 e. The normalized spacial score (nSPS) is 15.2. The maximum atomic E-state index is 12.3. The van der Waals surface area contributed by atoms with Gasteiger partial charge in [0.2, 0.25) is 0 Å². The fourth-order valence-electron chi connectivity index (χ4n) is 2.35. The fourth-order valence-corrected chi connectivity index (χ4v) is 2.35. The third kappa shape index (κ3) is 4.30. The molecule has 1 aliphatic carbocycles. The first kappa shape index (κ1) is 16.0. The molecule has 0 saturated heterocycles. The number of aromatic nitrogens is 2. The maximum Gasteiger partial charge on any atom is 0.272 e. The highest BCUT2D eigenvalue weighted by molar-refractivity contribution is 5.92. The standard InChI is InChI=1S/C16H27N3O2/c1-4-5-6-9-19-14(12-7-8-12)10-13(18-19)15(21)17-16(2,3)11-20/h10,12,20H,4-9,11H2,1-3H3,(H,17,21). The predicted octanol–water partition coefficient (Wildman–Crippen LogP) is 2.45. The number of aliphatic hydroxyl groups is 1. The molecule has 1 aromatic rings. The van der Waals surface area contributed by atoms with Gasteiger partial charge in [-0.3, -0.25) is 9.48 Å². The fraction of sp³-hybridized carbons (Fsp3) is 0.750. The van der Waals surface area contributed by atoms with Crippen molar-refractivity contribution in [2.75, 3.05) is 6.61 Å². The van der Waals surface area contributed by atoms with E-state index in [9.17, 15) is 9.90 Å². The Morgan fingerprint density at radius 3 is 2.76 bits per heavy atom. The number of aryl methyl sites for hydroxylation is 1. The van der Waals surface area contributed by atoms with E-state index in [4.69, 9.17) is 0 Å². The summed E-state index contributed by atoms with van der Waals surface area (Å²) >= 11 is 0. The third-order valence-corrected chi connectivity index (χ3v) is 3.86. The average molecular weight is 293 g/mol. The molecule has 5 nitrogen and oxygen atoms in total. The van der Waals surface area contributed by atoms with Gasteiger partial charge >= 0.3 is 0 Å². The number of unbranched alkanes of at least 4 members (excludes halogenated alkanes) is 2. The highest BCUT2D eigenvalue weighted by Gasteiger charge is 2.30. The summed E-state index contributed by atoms with van der Waals surface area (Å²) in [6.45, 7) is 6.57. The van der Waals surface area contributed by atoms with Crippen LogP contribution in [0.25, 0.3) is 0 Å². The summed E-state index contributed by atoms with van der Waals surface area (Å²) in [7, 11) is 0. The monoisotopic (exact) mass is 293 g/mol. The van der Waals surface area contributed by atoms with Gasteiger partial charge in [0.15, 0.2) is 0 Å². The Balaban J connectivity index is 2.09. The van der Waals surface area contributed by atoms with Gasteiger partial charge < -0.3 is 10.4 Å². The highest BCUT2D eigenvalue weighted by atomic mass is 16.3. The van der Waals surface area contributed by atoms with Gasteiger partial charge in [-0.25, -0.2) is 0 Å². The van der Waals surface area contributed by atoms with Crippen molar-refractivity contribution in [3.8, 4) is 0 Å². The van der Waals surface area contributed by atoms with Crippen LogP contribution in [0.3, 0.4) is 0 Å². The minimum Gasteiger partial charge on any atom is -0.394 e. The summed E-state index contributed by atoms with van der Waals surface area (Å²) in [6, 6.07) is 1.92. The van der Waals surface area contributed by atoms with Gasteiger partial charge in [-0.05, 0) is 39.2 Å². The number of carbonyl (C=O) groups excluding carboxylic acids is 1. The van der Waals surface area contributed by atoms with E-state index in [1.54, 1.807) is 13.8 Å². The number of nitrogens with zero attached hydrogens (tertiary/aromatic N) is 2. The maximum absolute atomic E-state index is 12.3. The van der Waals surface area contributed by atoms with Crippen LogP contribution in [-0.4, -0.2) is 32.9 Å². The molecule has 1 aliphatic rings. The van der Waals surface area contributed by atoms with Gasteiger partial charge in [0.25, 0.3) is 5.91 Å². The number of amides is 1.